The lowest BCUT2D eigenvalue weighted by atomic mass is 9.94. The van der Waals surface area contributed by atoms with E-state index in [1.54, 1.807) is 6.07 Å². The van der Waals surface area contributed by atoms with Crippen LogP contribution < -0.4 is 16.8 Å². The molecule has 4 rings (SSSR count). The second-order valence-corrected chi connectivity index (χ2v) is 13.4. The number of nitrogens with one attached hydrogen (secondary N) is 1. The summed E-state index contributed by atoms with van der Waals surface area (Å²) in [6.45, 7) is 9.36. The maximum Gasteiger partial charge on any atom is 0.227 e. The van der Waals surface area contributed by atoms with Crippen molar-refractivity contribution in [2.75, 3.05) is 39.3 Å². The van der Waals surface area contributed by atoms with Gasteiger partial charge >= 0.3 is 0 Å². The maximum absolute atomic E-state index is 14.0. The van der Waals surface area contributed by atoms with Crippen molar-refractivity contribution < 1.29 is 4.79 Å². The standard InChI is InChI=1S/C35H49Cl2N5O/c1-25(2)17-33-23-41(22-31(39)20-29-12-13-30(36)21-34(29)37)32(9-5-15-40-16-6-14-38)24-42(33)35(43)19-26-10-11-27-7-3-4-8-28(27)18-26/h3-4,7-8,10-13,18,21,25,31-33,40H,5-6,9,14-17,19-20,22-24,38-39H2,1-2H3/t31-,32-,33+/m0/s1. The summed E-state index contributed by atoms with van der Waals surface area (Å²) in [6, 6.07) is 20.6. The first-order valence-electron chi connectivity index (χ1n) is 15.8. The number of nitrogens with zero attached hydrogens (tertiary/aromatic N) is 2. The van der Waals surface area contributed by atoms with Gasteiger partial charge in [-0.05, 0) is 91.7 Å². The van der Waals surface area contributed by atoms with Crippen molar-refractivity contribution >= 4 is 39.9 Å². The SMILES string of the molecule is CC(C)C[C@@H]1CN(C[C@@H](N)Cc2ccc(Cl)cc2Cl)[C@@H](CCCNCCCN)CN1C(=O)Cc1ccc2ccccc2c1. The number of carbonyl (C=O) groups excluding carboxylic acids is 1. The minimum Gasteiger partial charge on any atom is -0.337 e. The molecule has 5 N–H and O–H groups in total. The average Bonchev–Trinajstić information content (AvgIpc) is 2.97. The highest BCUT2D eigenvalue weighted by atomic mass is 35.5. The molecule has 1 saturated heterocycles. The van der Waals surface area contributed by atoms with E-state index < -0.39 is 0 Å². The summed E-state index contributed by atoms with van der Waals surface area (Å²) in [5, 5.41) is 7.17. The van der Waals surface area contributed by atoms with Gasteiger partial charge in [0.05, 0.1) is 6.42 Å². The van der Waals surface area contributed by atoms with Gasteiger partial charge in [-0.2, -0.15) is 0 Å². The molecule has 0 unspecified atom stereocenters. The lowest BCUT2D eigenvalue weighted by Gasteiger charge is -2.48. The topological polar surface area (TPSA) is 87.6 Å². The Labute approximate surface area is 268 Å². The number of nitrogens with two attached hydrogens (primary N) is 2. The van der Waals surface area contributed by atoms with Gasteiger partial charge in [0.2, 0.25) is 5.91 Å². The molecular weight excluding hydrogens is 577 g/mol. The molecule has 1 aliphatic rings. The highest BCUT2D eigenvalue weighted by Gasteiger charge is 2.36. The smallest absolute Gasteiger partial charge is 0.227 e. The molecule has 1 amide bonds. The Morgan fingerprint density at radius 3 is 2.49 bits per heavy atom. The Morgan fingerprint density at radius 2 is 1.74 bits per heavy atom. The van der Waals surface area contributed by atoms with Crippen LogP contribution >= 0.6 is 23.2 Å². The number of hydrogen-bond acceptors (Lipinski definition) is 5. The van der Waals surface area contributed by atoms with Crippen LogP contribution in [0.15, 0.2) is 60.7 Å². The van der Waals surface area contributed by atoms with Gasteiger partial charge in [-0.3, -0.25) is 9.69 Å². The molecule has 0 spiro atoms. The fourth-order valence-electron chi connectivity index (χ4n) is 6.33. The molecule has 3 atom stereocenters. The molecule has 0 bridgehead atoms. The van der Waals surface area contributed by atoms with Gasteiger partial charge in [-0.1, -0.05) is 85.6 Å². The predicted molar refractivity (Wildman–Crippen MR) is 182 cm³/mol. The van der Waals surface area contributed by atoms with Crippen LogP contribution in [0.1, 0.15) is 50.7 Å². The summed E-state index contributed by atoms with van der Waals surface area (Å²) in [6.07, 6.45) is 5.07. The van der Waals surface area contributed by atoms with Crippen molar-refractivity contribution in [2.24, 2.45) is 17.4 Å². The molecule has 0 saturated carbocycles. The molecule has 0 radical (unpaired) electrons. The highest BCUT2D eigenvalue weighted by Crippen LogP contribution is 2.27. The molecule has 8 heteroatoms. The van der Waals surface area contributed by atoms with E-state index in [9.17, 15) is 4.79 Å². The first kappa shape index (κ1) is 33.7. The molecular formula is C35H49Cl2N5O. The van der Waals surface area contributed by atoms with Gasteiger partial charge in [-0.25, -0.2) is 0 Å². The zero-order chi connectivity index (χ0) is 30.8. The highest BCUT2D eigenvalue weighted by molar-refractivity contribution is 6.35. The lowest BCUT2D eigenvalue weighted by molar-refractivity contribution is -0.138. The first-order chi connectivity index (χ1) is 20.7. The van der Waals surface area contributed by atoms with Crippen molar-refractivity contribution in [2.45, 2.75) is 70.5 Å². The third-order valence-corrected chi connectivity index (χ3v) is 9.04. The Bertz CT molecular complexity index is 1320. The van der Waals surface area contributed by atoms with Gasteiger partial charge < -0.3 is 21.7 Å². The normalized spacial score (nSPS) is 18.4. The van der Waals surface area contributed by atoms with Crippen molar-refractivity contribution in [1.82, 2.24) is 15.1 Å². The van der Waals surface area contributed by atoms with E-state index >= 15 is 0 Å². The summed E-state index contributed by atoms with van der Waals surface area (Å²) in [5.74, 6) is 0.691. The van der Waals surface area contributed by atoms with E-state index in [4.69, 9.17) is 34.7 Å². The number of carbonyl (C=O) groups is 1. The Hall–Kier alpha value is -2.19. The number of amides is 1. The molecule has 0 aliphatic carbocycles. The quantitative estimate of drug-likeness (QED) is 0.183. The number of rotatable bonds is 15. The van der Waals surface area contributed by atoms with Crippen LogP contribution in [0.5, 0.6) is 0 Å². The van der Waals surface area contributed by atoms with Crippen LogP contribution in [0.4, 0.5) is 0 Å². The number of piperazine rings is 1. The minimum absolute atomic E-state index is 0.0802. The van der Waals surface area contributed by atoms with Gasteiger partial charge in [0, 0.05) is 47.8 Å². The van der Waals surface area contributed by atoms with E-state index in [0.717, 1.165) is 69.5 Å². The maximum atomic E-state index is 14.0. The van der Waals surface area contributed by atoms with Crippen LogP contribution in [0.25, 0.3) is 10.8 Å². The predicted octanol–water partition coefficient (Wildman–Crippen LogP) is 5.91. The summed E-state index contributed by atoms with van der Waals surface area (Å²) in [7, 11) is 0. The van der Waals surface area contributed by atoms with E-state index in [-0.39, 0.29) is 24.0 Å². The molecule has 1 fully saturated rings. The Kier molecular flexibility index (Phi) is 13.1. The van der Waals surface area contributed by atoms with Crippen LogP contribution in [0, 0.1) is 5.92 Å². The lowest BCUT2D eigenvalue weighted by Crippen LogP contribution is -2.62. The van der Waals surface area contributed by atoms with E-state index in [0.29, 0.717) is 35.3 Å². The van der Waals surface area contributed by atoms with Crippen LogP contribution in [0.2, 0.25) is 10.0 Å². The van der Waals surface area contributed by atoms with Crippen molar-refractivity contribution in [3.05, 3.63) is 81.8 Å². The number of hydrogen-bond donors (Lipinski definition) is 3. The molecule has 6 nitrogen and oxygen atoms in total. The van der Waals surface area contributed by atoms with Gasteiger partial charge in [-0.15, -0.1) is 0 Å². The Morgan fingerprint density at radius 1 is 0.977 bits per heavy atom. The fraction of sp³-hybridized carbons (Fsp3) is 0.514. The third-order valence-electron chi connectivity index (χ3n) is 8.46. The average molecular weight is 627 g/mol. The van der Waals surface area contributed by atoms with Crippen molar-refractivity contribution in [1.29, 1.82) is 0 Å². The second kappa shape index (κ2) is 16.8. The molecule has 3 aromatic rings. The summed E-state index contributed by atoms with van der Waals surface area (Å²) < 4.78 is 0. The summed E-state index contributed by atoms with van der Waals surface area (Å²) >= 11 is 12.6. The molecule has 0 aromatic heterocycles. The molecule has 1 aliphatic heterocycles. The molecule has 1 heterocycles. The monoisotopic (exact) mass is 625 g/mol. The summed E-state index contributed by atoms with van der Waals surface area (Å²) in [4.78, 5) is 18.7. The van der Waals surface area contributed by atoms with E-state index in [1.165, 1.54) is 10.8 Å². The number of halogens is 2. The van der Waals surface area contributed by atoms with Gasteiger partial charge in [0.15, 0.2) is 0 Å². The fourth-order valence-corrected chi connectivity index (χ4v) is 6.82. The zero-order valence-electron chi connectivity index (χ0n) is 25.8. The van der Waals surface area contributed by atoms with Crippen LogP contribution in [0.3, 0.4) is 0 Å². The van der Waals surface area contributed by atoms with E-state index in [1.807, 2.05) is 24.3 Å². The zero-order valence-corrected chi connectivity index (χ0v) is 27.3. The molecule has 3 aromatic carbocycles. The van der Waals surface area contributed by atoms with E-state index in [2.05, 4.69) is 59.3 Å². The van der Waals surface area contributed by atoms with Crippen LogP contribution in [-0.2, 0) is 17.6 Å². The molecule has 43 heavy (non-hydrogen) atoms. The van der Waals surface area contributed by atoms with Gasteiger partial charge in [0.1, 0.15) is 0 Å². The minimum atomic E-state index is -0.0802. The number of fused-ring (bicyclic) bond motifs is 1. The van der Waals surface area contributed by atoms with Gasteiger partial charge in [0.25, 0.3) is 0 Å². The largest absolute Gasteiger partial charge is 0.337 e. The molecule has 234 valence electrons. The van der Waals surface area contributed by atoms with Crippen molar-refractivity contribution in [3.8, 4) is 0 Å². The van der Waals surface area contributed by atoms with Crippen LogP contribution in [-0.4, -0.2) is 73.1 Å². The third kappa shape index (κ3) is 10.2. The Balaban J connectivity index is 1.49. The second-order valence-electron chi connectivity index (χ2n) is 12.5. The first-order valence-corrected chi connectivity index (χ1v) is 16.6. The number of benzene rings is 3. The summed E-state index contributed by atoms with van der Waals surface area (Å²) in [5.41, 5.74) is 14.5. The van der Waals surface area contributed by atoms with Crippen molar-refractivity contribution in [3.63, 3.8) is 0 Å².